The van der Waals surface area contributed by atoms with Crippen molar-refractivity contribution in [1.82, 2.24) is 10.2 Å². The molecule has 0 spiro atoms. The third-order valence-corrected chi connectivity index (χ3v) is 7.37. The van der Waals surface area contributed by atoms with Crippen molar-refractivity contribution in [2.24, 2.45) is 11.3 Å². The molecule has 35 heavy (non-hydrogen) atoms. The van der Waals surface area contributed by atoms with Crippen LogP contribution in [0.15, 0.2) is 48.5 Å². The molecule has 2 atom stereocenters. The Kier molecular flexibility index (Phi) is 6.23. The van der Waals surface area contributed by atoms with Crippen LogP contribution in [0.3, 0.4) is 0 Å². The topological polar surface area (TPSA) is 105 Å². The second kappa shape index (κ2) is 9.34. The summed E-state index contributed by atoms with van der Waals surface area (Å²) in [6, 6.07) is 15.6. The van der Waals surface area contributed by atoms with E-state index in [1.165, 1.54) is 4.90 Å². The highest BCUT2D eigenvalue weighted by Gasteiger charge is 2.50. The van der Waals surface area contributed by atoms with E-state index in [-0.39, 0.29) is 38.2 Å². The molecule has 1 saturated carbocycles. The van der Waals surface area contributed by atoms with E-state index < -0.39 is 23.5 Å². The predicted octanol–water partition coefficient (Wildman–Crippen LogP) is 3.25. The lowest BCUT2D eigenvalue weighted by molar-refractivity contribution is -0.150. The van der Waals surface area contributed by atoms with E-state index in [4.69, 9.17) is 9.47 Å². The Bertz CT molecular complexity index is 1100. The molecule has 2 aliphatic carbocycles. The minimum Gasteiger partial charge on any atom is -0.480 e. The molecule has 3 aliphatic rings. The first-order valence-corrected chi connectivity index (χ1v) is 12.1. The van der Waals surface area contributed by atoms with E-state index in [9.17, 15) is 19.5 Å². The van der Waals surface area contributed by atoms with Gasteiger partial charge < -0.3 is 24.8 Å². The standard InChI is InChI=1S/C27H30N2O6/c1-27(25(32)29(13-24(30)31)12-17-10-11-17)16-34-15-23(27)28-26(33)35-14-22-20-8-4-2-6-18(20)19-7-3-5-9-21(19)22/h2-9,17,22-23H,10-16H2,1H3,(H,28,33)(H,30,31). The molecule has 8 heteroatoms. The van der Waals surface area contributed by atoms with E-state index in [1.807, 2.05) is 24.3 Å². The average molecular weight is 479 g/mol. The number of carbonyl (C=O) groups excluding carboxylic acids is 2. The van der Waals surface area contributed by atoms with Crippen LogP contribution in [-0.4, -0.2) is 66.9 Å². The Balaban J connectivity index is 1.25. The monoisotopic (exact) mass is 478 g/mol. The van der Waals surface area contributed by atoms with Gasteiger partial charge in [-0.2, -0.15) is 0 Å². The fourth-order valence-electron chi connectivity index (χ4n) is 5.22. The van der Waals surface area contributed by atoms with Crippen molar-refractivity contribution in [1.29, 1.82) is 0 Å². The van der Waals surface area contributed by atoms with Gasteiger partial charge in [-0.25, -0.2) is 4.79 Å². The summed E-state index contributed by atoms with van der Waals surface area (Å²) in [4.78, 5) is 39.0. The predicted molar refractivity (Wildman–Crippen MR) is 128 cm³/mol. The summed E-state index contributed by atoms with van der Waals surface area (Å²) in [5.41, 5.74) is 3.48. The number of benzene rings is 2. The molecule has 0 bridgehead atoms. The number of ether oxygens (including phenoxy) is 2. The maximum Gasteiger partial charge on any atom is 0.407 e. The van der Waals surface area contributed by atoms with Crippen LogP contribution in [0.2, 0.25) is 0 Å². The third kappa shape index (κ3) is 4.62. The van der Waals surface area contributed by atoms with Crippen LogP contribution >= 0.6 is 0 Å². The summed E-state index contributed by atoms with van der Waals surface area (Å²) in [6.45, 7) is 2.22. The minimum atomic E-state index is -1.06. The quantitative estimate of drug-likeness (QED) is 0.604. The van der Waals surface area contributed by atoms with Gasteiger partial charge >= 0.3 is 12.1 Å². The van der Waals surface area contributed by atoms with Crippen molar-refractivity contribution in [3.8, 4) is 11.1 Å². The van der Waals surface area contributed by atoms with E-state index >= 15 is 0 Å². The van der Waals surface area contributed by atoms with Gasteiger partial charge in [0.1, 0.15) is 13.2 Å². The highest BCUT2D eigenvalue weighted by molar-refractivity contribution is 5.87. The number of hydrogen-bond donors (Lipinski definition) is 2. The molecule has 1 aliphatic heterocycles. The van der Waals surface area contributed by atoms with Crippen LogP contribution in [-0.2, 0) is 19.1 Å². The first kappa shape index (κ1) is 23.4. The molecular weight excluding hydrogens is 448 g/mol. The number of amides is 2. The maximum absolute atomic E-state index is 13.4. The van der Waals surface area contributed by atoms with Gasteiger partial charge in [0.05, 0.1) is 24.7 Å². The van der Waals surface area contributed by atoms with Crippen LogP contribution in [0.25, 0.3) is 11.1 Å². The smallest absolute Gasteiger partial charge is 0.407 e. The van der Waals surface area contributed by atoms with Crippen LogP contribution in [0.1, 0.15) is 36.8 Å². The molecule has 8 nitrogen and oxygen atoms in total. The number of aliphatic carboxylic acids is 1. The molecule has 2 aromatic carbocycles. The fourth-order valence-corrected chi connectivity index (χ4v) is 5.22. The van der Waals surface area contributed by atoms with Crippen LogP contribution < -0.4 is 5.32 Å². The summed E-state index contributed by atoms with van der Waals surface area (Å²) in [6.07, 6.45) is 1.38. The molecular formula is C27H30N2O6. The van der Waals surface area contributed by atoms with E-state index in [0.29, 0.717) is 12.5 Å². The van der Waals surface area contributed by atoms with E-state index in [2.05, 4.69) is 29.6 Å². The highest BCUT2D eigenvalue weighted by atomic mass is 16.5. The zero-order valence-electron chi connectivity index (χ0n) is 19.7. The molecule has 2 aromatic rings. The number of hydrogen-bond acceptors (Lipinski definition) is 5. The van der Waals surface area contributed by atoms with Gasteiger partial charge in [0, 0.05) is 12.5 Å². The lowest BCUT2D eigenvalue weighted by atomic mass is 9.83. The van der Waals surface area contributed by atoms with Crippen molar-refractivity contribution in [2.75, 3.05) is 32.9 Å². The summed E-state index contributed by atoms with van der Waals surface area (Å²) < 4.78 is 11.2. The summed E-state index contributed by atoms with van der Waals surface area (Å²) in [7, 11) is 0. The second-order valence-electron chi connectivity index (χ2n) is 9.98. The number of carbonyl (C=O) groups is 3. The van der Waals surface area contributed by atoms with Crippen molar-refractivity contribution >= 4 is 18.0 Å². The van der Waals surface area contributed by atoms with Crippen molar-refractivity contribution < 1.29 is 29.0 Å². The summed E-state index contributed by atoms with van der Waals surface area (Å²) in [5, 5.41) is 12.1. The number of fused-ring (bicyclic) bond motifs is 3. The van der Waals surface area contributed by atoms with Gasteiger partial charge in [0.25, 0.3) is 0 Å². The molecule has 0 radical (unpaired) electrons. The van der Waals surface area contributed by atoms with Crippen LogP contribution in [0.4, 0.5) is 4.79 Å². The molecule has 5 rings (SSSR count). The van der Waals surface area contributed by atoms with Crippen LogP contribution in [0, 0.1) is 11.3 Å². The van der Waals surface area contributed by atoms with Crippen LogP contribution in [0.5, 0.6) is 0 Å². The Morgan fingerprint density at radius 3 is 2.31 bits per heavy atom. The number of nitrogens with one attached hydrogen (secondary N) is 1. The van der Waals surface area contributed by atoms with Crippen molar-refractivity contribution in [3.05, 3.63) is 59.7 Å². The van der Waals surface area contributed by atoms with Gasteiger partial charge in [0.2, 0.25) is 5.91 Å². The molecule has 1 saturated heterocycles. The fraction of sp³-hybridized carbons (Fsp3) is 0.444. The molecule has 2 fully saturated rings. The summed E-state index contributed by atoms with van der Waals surface area (Å²) >= 11 is 0. The first-order valence-electron chi connectivity index (χ1n) is 12.1. The highest BCUT2D eigenvalue weighted by Crippen LogP contribution is 2.44. The molecule has 1 heterocycles. The zero-order valence-corrected chi connectivity index (χ0v) is 19.7. The Labute approximate surface area is 204 Å². The SMILES string of the molecule is CC1(C(=O)N(CC(=O)O)CC2CC2)COCC1NC(=O)OCC1c2ccccc2-c2ccccc21. The number of alkyl carbamates (subject to hydrolysis) is 1. The third-order valence-electron chi connectivity index (χ3n) is 7.37. The molecule has 184 valence electrons. The largest absolute Gasteiger partial charge is 0.480 e. The maximum atomic E-state index is 13.4. The molecule has 2 unspecified atom stereocenters. The lowest BCUT2D eigenvalue weighted by Crippen LogP contribution is -2.55. The van der Waals surface area contributed by atoms with Gasteiger partial charge in [0.15, 0.2) is 0 Å². The van der Waals surface area contributed by atoms with Gasteiger partial charge in [-0.1, -0.05) is 48.5 Å². The normalized spacial score (nSPS) is 22.8. The van der Waals surface area contributed by atoms with E-state index in [1.54, 1.807) is 6.92 Å². The first-order chi connectivity index (χ1) is 16.9. The second-order valence-corrected chi connectivity index (χ2v) is 9.98. The number of nitrogens with zero attached hydrogens (tertiary/aromatic N) is 1. The number of carboxylic acids is 1. The Morgan fingerprint density at radius 2 is 1.71 bits per heavy atom. The molecule has 0 aromatic heterocycles. The number of carboxylic acid groups (broad SMARTS) is 1. The lowest BCUT2D eigenvalue weighted by Gasteiger charge is -2.34. The Morgan fingerprint density at radius 1 is 1.09 bits per heavy atom. The van der Waals surface area contributed by atoms with Gasteiger partial charge in [-0.15, -0.1) is 0 Å². The number of rotatable bonds is 8. The molecule has 2 amide bonds. The average Bonchev–Trinajstić information content (AvgIpc) is 3.51. The van der Waals surface area contributed by atoms with Crippen molar-refractivity contribution in [3.63, 3.8) is 0 Å². The van der Waals surface area contributed by atoms with E-state index in [0.717, 1.165) is 35.1 Å². The van der Waals surface area contributed by atoms with Gasteiger partial charge in [-0.3, -0.25) is 9.59 Å². The minimum absolute atomic E-state index is 0.0643. The van der Waals surface area contributed by atoms with Gasteiger partial charge in [-0.05, 0) is 47.9 Å². The summed E-state index contributed by atoms with van der Waals surface area (Å²) in [5.74, 6) is -1.08. The Hall–Kier alpha value is -3.39. The van der Waals surface area contributed by atoms with Crippen molar-refractivity contribution in [2.45, 2.75) is 31.7 Å². The molecule has 2 N–H and O–H groups in total. The zero-order chi connectivity index (χ0) is 24.6.